The van der Waals surface area contributed by atoms with Crippen molar-refractivity contribution in [3.05, 3.63) is 64.2 Å². The summed E-state index contributed by atoms with van der Waals surface area (Å²) in [5, 5.41) is 3.88. The lowest BCUT2D eigenvalue weighted by Crippen LogP contribution is -2.41. The van der Waals surface area contributed by atoms with E-state index in [-0.39, 0.29) is 23.2 Å². The number of carbonyl (C=O) groups is 1. The molecule has 1 heterocycles. The fourth-order valence-corrected chi connectivity index (χ4v) is 5.35. The van der Waals surface area contributed by atoms with Crippen LogP contribution in [0.2, 0.25) is 5.02 Å². The second-order valence-corrected chi connectivity index (χ2v) is 8.62. The number of halogens is 1. The van der Waals surface area contributed by atoms with Gasteiger partial charge in [-0.1, -0.05) is 36.7 Å². The molecule has 4 heteroatoms. The zero-order valence-corrected chi connectivity index (χ0v) is 16.8. The van der Waals surface area contributed by atoms with Crippen LogP contribution in [0.3, 0.4) is 0 Å². The molecule has 1 saturated heterocycles. The van der Waals surface area contributed by atoms with E-state index in [1.165, 1.54) is 16.7 Å². The minimum atomic E-state index is -0.290. The number of hydrogen-bond acceptors (Lipinski definition) is 2. The van der Waals surface area contributed by atoms with Crippen LogP contribution in [-0.2, 0) is 4.79 Å². The molecule has 27 heavy (non-hydrogen) atoms. The highest BCUT2D eigenvalue weighted by Crippen LogP contribution is 2.57. The van der Waals surface area contributed by atoms with E-state index in [1.807, 2.05) is 18.2 Å². The van der Waals surface area contributed by atoms with Crippen LogP contribution < -0.4 is 10.1 Å². The van der Waals surface area contributed by atoms with Gasteiger partial charge in [0.05, 0.1) is 12.5 Å². The molecule has 1 amide bonds. The number of rotatable bonds is 3. The largest absolute Gasteiger partial charge is 0.497 e. The van der Waals surface area contributed by atoms with Crippen LogP contribution in [0.15, 0.2) is 42.5 Å². The Hall–Kier alpha value is -2.00. The van der Waals surface area contributed by atoms with Crippen molar-refractivity contribution in [3.63, 3.8) is 0 Å². The molecule has 4 atom stereocenters. The Morgan fingerprint density at radius 1 is 1.19 bits per heavy atom. The van der Waals surface area contributed by atoms with Gasteiger partial charge in [0.25, 0.3) is 0 Å². The van der Waals surface area contributed by atoms with Crippen LogP contribution in [0, 0.1) is 18.3 Å². The monoisotopic (exact) mass is 383 g/mol. The van der Waals surface area contributed by atoms with Crippen molar-refractivity contribution in [1.82, 2.24) is 5.32 Å². The van der Waals surface area contributed by atoms with E-state index in [4.69, 9.17) is 16.3 Å². The van der Waals surface area contributed by atoms with Crippen molar-refractivity contribution in [2.75, 3.05) is 13.7 Å². The first-order valence-electron chi connectivity index (χ1n) is 9.62. The van der Waals surface area contributed by atoms with Crippen molar-refractivity contribution in [3.8, 4) is 5.75 Å². The molecule has 3 nitrogen and oxygen atoms in total. The number of fused-ring (bicyclic) bond motifs is 1. The lowest BCUT2D eigenvalue weighted by Gasteiger charge is -2.45. The maximum absolute atomic E-state index is 12.6. The Labute approximate surface area is 166 Å². The average molecular weight is 384 g/mol. The van der Waals surface area contributed by atoms with Gasteiger partial charge in [-0.2, -0.15) is 0 Å². The number of aryl methyl sites for hydroxylation is 1. The quantitative estimate of drug-likeness (QED) is 0.803. The van der Waals surface area contributed by atoms with Crippen molar-refractivity contribution < 1.29 is 9.53 Å². The lowest BCUT2D eigenvalue weighted by atomic mass is 9.57. The number of benzene rings is 2. The van der Waals surface area contributed by atoms with Crippen LogP contribution >= 0.6 is 11.6 Å². The molecular formula is C23H26ClNO2. The Balaban J connectivity index is 1.80. The van der Waals surface area contributed by atoms with E-state index in [9.17, 15) is 4.79 Å². The van der Waals surface area contributed by atoms with E-state index in [2.05, 4.69) is 43.4 Å². The van der Waals surface area contributed by atoms with Gasteiger partial charge in [0, 0.05) is 11.6 Å². The number of hydrogen-bond donors (Lipinski definition) is 1. The summed E-state index contributed by atoms with van der Waals surface area (Å²) < 4.78 is 5.39. The summed E-state index contributed by atoms with van der Waals surface area (Å²) in [7, 11) is 1.70. The van der Waals surface area contributed by atoms with Gasteiger partial charge in [0.15, 0.2) is 0 Å². The molecule has 1 saturated carbocycles. The van der Waals surface area contributed by atoms with Gasteiger partial charge in [-0.15, -0.1) is 0 Å². The number of methoxy groups -OCH3 is 1. The van der Waals surface area contributed by atoms with Crippen LogP contribution in [0.4, 0.5) is 0 Å². The van der Waals surface area contributed by atoms with Crippen molar-refractivity contribution in [2.45, 2.75) is 38.5 Å². The van der Waals surface area contributed by atoms with E-state index in [0.29, 0.717) is 5.92 Å². The first-order chi connectivity index (χ1) is 12.9. The van der Waals surface area contributed by atoms with Gasteiger partial charge >= 0.3 is 0 Å². The van der Waals surface area contributed by atoms with Gasteiger partial charge in [0.1, 0.15) is 5.75 Å². The molecule has 1 aliphatic carbocycles. The maximum Gasteiger partial charge on any atom is 0.226 e. The summed E-state index contributed by atoms with van der Waals surface area (Å²) in [6.07, 6.45) is 1.92. The predicted molar refractivity (Wildman–Crippen MR) is 109 cm³/mol. The number of nitrogens with one attached hydrogen (secondary N) is 1. The average Bonchev–Trinajstić information content (AvgIpc) is 2.97. The fraction of sp³-hybridized carbons (Fsp3) is 0.435. The van der Waals surface area contributed by atoms with Gasteiger partial charge in [0.2, 0.25) is 5.91 Å². The van der Waals surface area contributed by atoms with E-state index >= 15 is 0 Å². The van der Waals surface area contributed by atoms with Crippen molar-refractivity contribution in [2.24, 2.45) is 11.3 Å². The first kappa shape index (κ1) is 18.4. The summed E-state index contributed by atoms with van der Waals surface area (Å²) in [5.41, 5.74) is 3.59. The number of amides is 1. The summed E-state index contributed by atoms with van der Waals surface area (Å²) in [6.45, 7) is 5.04. The minimum absolute atomic E-state index is 0.205. The van der Waals surface area contributed by atoms with Gasteiger partial charge < -0.3 is 10.1 Å². The predicted octanol–water partition coefficient (Wildman–Crippen LogP) is 5.07. The zero-order chi connectivity index (χ0) is 19.2. The summed E-state index contributed by atoms with van der Waals surface area (Å²) in [5.74, 6) is 2.04. The highest BCUT2D eigenvalue weighted by atomic mass is 35.5. The van der Waals surface area contributed by atoms with Gasteiger partial charge in [-0.3, -0.25) is 4.79 Å². The van der Waals surface area contributed by atoms with Crippen LogP contribution in [0.1, 0.15) is 48.3 Å². The third-order valence-corrected chi connectivity index (χ3v) is 7.04. The Morgan fingerprint density at radius 2 is 1.93 bits per heavy atom. The first-order valence-corrected chi connectivity index (χ1v) is 10.00. The third-order valence-electron chi connectivity index (χ3n) is 6.79. The molecule has 4 rings (SSSR count). The maximum atomic E-state index is 12.6. The second-order valence-electron chi connectivity index (χ2n) is 8.18. The molecule has 1 N–H and O–H groups in total. The van der Waals surface area contributed by atoms with Crippen molar-refractivity contribution in [1.29, 1.82) is 0 Å². The Bertz CT molecular complexity index is 863. The SMILES string of the molecule is COc1ccc([C@@H]2CC[C@@]3(C)C(=O)NC[C@H]3[C@H]2c2ccc(Cl)cc2)c(C)c1. The zero-order valence-electron chi connectivity index (χ0n) is 16.1. The molecule has 0 aromatic heterocycles. The van der Waals surface area contributed by atoms with Crippen molar-refractivity contribution >= 4 is 17.5 Å². The second kappa shape index (κ2) is 6.87. The van der Waals surface area contributed by atoms with Crippen LogP contribution in [-0.4, -0.2) is 19.6 Å². The number of ether oxygens (including phenoxy) is 1. The molecule has 0 bridgehead atoms. The van der Waals surface area contributed by atoms with Crippen LogP contribution in [0.25, 0.3) is 0 Å². The molecule has 0 spiro atoms. The minimum Gasteiger partial charge on any atom is -0.497 e. The Morgan fingerprint density at radius 3 is 2.59 bits per heavy atom. The van der Waals surface area contributed by atoms with Crippen LogP contribution in [0.5, 0.6) is 5.75 Å². The normalized spacial score (nSPS) is 29.9. The highest BCUT2D eigenvalue weighted by molar-refractivity contribution is 6.30. The van der Waals surface area contributed by atoms with E-state index in [1.54, 1.807) is 7.11 Å². The van der Waals surface area contributed by atoms with E-state index in [0.717, 1.165) is 30.2 Å². The van der Waals surface area contributed by atoms with Gasteiger partial charge in [-0.25, -0.2) is 0 Å². The molecule has 2 fully saturated rings. The molecule has 142 valence electrons. The fourth-order valence-electron chi connectivity index (χ4n) is 5.23. The summed E-state index contributed by atoms with van der Waals surface area (Å²) >= 11 is 6.14. The summed E-state index contributed by atoms with van der Waals surface area (Å²) in [6, 6.07) is 14.6. The molecule has 2 aliphatic rings. The molecule has 0 radical (unpaired) electrons. The highest BCUT2D eigenvalue weighted by Gasteiger charge is 2.54. The molecule has 2 aromatic carbocycles. The lowest BCUT2D eigenvalue weighted by molar-refractivity contribution is -0.129. The molecule has 2 aromatic rings. The Kier molecular flexibility index (Phi) is 4.67. The molecular weight excluding hydrogens is 358 g/mol. The van der Waals surface area contributed by atoms with E-state index < -0.39 is 0 Å². The standard InChI is InChI=1S/C23H26ClNO2/c1-14-12-17(27-3)8-9-18(14)19-10-11-23(2)20(13-25-22(23)26)21(19)15-4-6-16(24)7-5-15/h4-9,12,19-21H,10-11,13H2,1-3H3,(H,25,26)/t19-,20-,21-,23+/m0/s1. The molecule has 1 aliphatic heterocycles. The molecule has 0 unspecified atom stereocenters. The number of carbonyl (C=O) groups excluding carboxylic acids is 1. The smallest absolute Gasteiger partial charge is 0.226 e. The topological polar surface area (TPSA) is 38.3 Å². The third kappa shape index (κ3) is 3.02. The summed E-state index contributed by atoms with van der Waals surface area (Å²) in [4.78, 5) is 12.6. The van der Waals surface area contributed by atoms with Gasteiger partial charge in [-0.05, 0) is 78.5 Å².